The van der Waals surface area contributed by atoms with Gasteiger partial charge < -0.3 is 0 Å². The number of Topliss-reactive ketones (excluding diaryl/α,β-unsaturated/α-hetero) is 1. The van der Waals surface area contributed by atoms with Gasteiger partial charge >= 0.3 is 0 Å². The number of alkyl halides is 1. The molecule has 2 N–H and O–H groups in total. The molecule has 0 radical (unpaired) electrons. The first-order valence-corrected chi connectivity index (χ1v) is 5.63. The van der Waals surface area contributed by atoms with Crippen molar-refractivity contribution in [3.05, 3.63) is 58.9 Å². The van der Waals surface area contributed by atoms with Crippen LogP contribution in [-0.4, -0.2) is 11.6 Å². The van der Waals surface area contributed by atoms with Crippen LogP contribution in [0, 0.1) is 5.92 Å². The van der Waals surface area contributed by atoms with E-state index in [2.05, 4.69) is 0 Å². The van der Waals surface area contributed by atoms with Gasteiger partial charge in [-0.15, -0.1) is 0 Å². The van der Waals surface area contributed by atoms with Crippen LogP contribution in [0.3, 0.4) is 0 Å². The summed E-state index contributed by atoms with van der Waals surface area (Å²) in [5, 5.41) is -0.303. The minimum Gasteiger partial charge on any atom is -0.295 e. The first kappa shape index (κ1) is 12.9. The van der Waals surface area contributed by atoms with Crippen molar-refractivity contribution in [3.8, 4) is 0 Å². The Labute approximate surface area is 108 Å². The first-order chi connectivity index (χ1) is 8.43. The van der Waals surface area contributed by atoms with Crippen molar-refractivity contribution < 1.29 is 13.6 Å². The van der Waals surface area contributed by atoms with Gasteiger partial charge in [0.25, 0.3) is 0 Å². The van der Waals surface area contributed by atoms with Gasteiger partial charge in [-0.25, -0.2) is 8.78 Å². The second-order valence-electron chi connectivity index (χ2n) is 4.02. The second-order valence-corrected chi connectivity index (χ2v) is 4.43. The summed E-state index contributed by atoms with van der Waals surface area (Å²) in [4.78, 5) is 12.1. The molecule has 0 saturated carbocycles. The minimum absolute atomic E-state index is 0.185. The Bertz CT molecular complexity index is 537. The van der Waals surface area contributed by atoms with E-state index in [9.17, 15) is 13.6 Å². The molecule has 0 amide bonds. The molecule has 5 heteroatoms. The lowest BCUT2D eigenvalue weighted by molar-refractivity contribution is 0.0753. The standard InChI is InChI=1S/C13H10ClF2NO/c14-9-6-7-13(16,17)10(11(9)15)12(18)8-4-2-1-3-5-8/h1-7,10H,17H2/t10-,13-/m0/s1. The number of nitrogens with two attached hydrogens (primary N) is 1. The quantitative estimate of drug-likeness (QED) is 0.662. The number of ketones is 1. The molecule has 18 heavy (non-hydrogen) atoms. The highest BCUT2D eigenvalue weighted by atomic mass is 35.5. The van der Waals surface area contributed by atoms with Gasteiger partial charge in [-0.05, 0) is 12.2 Å². The van der Waals surface area contributed by atoms with Crippen molar-refractivity contribution in [2.45, 2.75) is 5.79 Å². The lowest BCUT2D eigenvalue weighted by Gasteiger charge is -2.28. The fraction of sp³-hybridized carbons (Fsp3) is 0.154. The molecule has 94 valence electrons. The van der Waals surface area contributed by atoms with Crippen molar-refractivity contribution >= 4 is 17.4 Å². The normalized spacial score (nSPS) is 27.4. The van der Waals surface area contributed by atoms with Crippen LogP contribution < -0.4 is 5.73 Å². The van der Waals surface area contributed by atoms with E-state index in [0.717, 1.165) is 12.2 Å². The molecule has 0 aliphatic heterocycles. The Kier molecular flexibility index (Phi) is 3.32. The average Bonchev–Trinajstić information content (AvgIpc) is 2.35. The molecule has 0 fully saturated rings. The Morgan fingerprint density at radius 1 is 1.33 bits per heavy atom. The Morgan fingerprint density at radius 2 is 1.94 bits per heavy atom. The van der Waals surface area contributed by atoms with Crippen molar-refractivity contribution in [1.82, 2.24) is 0 Å². The van der Waals surface area contributed by atoms with Crippen LogP contribution in [0.2, 0.25) is 0 Å². The fourth-order valence-corrected chi connectivity index (χ4v) is 1.97. The fourth-order valence-electron chi connectivity index (χ4n) is 1.79. The van der Waals surface area contributed by atoms with E-state index in [1.165, 1.54) is 12.1 Å². The molecular weight excluding hydrogens is 260 g/mol. The van der Waals surface area contributed by atoms with E-state index in [1.54, 1.807) is 18.2 Å². The van der Waals surface area contributed by atoms with Crippen LogP contribution in [0.25, 0.3) is 0 Å². The topological polar surface area (TPSA) is 43.1 Å². The average molecular weight is 270 g/mol. The van der Waals surface area contributed by atoms with Gasteiger partial charge in [0.2, 0.25) is 0 Å². The highest BCUT2D eigenvalue weighted by molar-refractivity contribution is 6.31. The molecule has 1 aliphatic rings. The summed E-state index contributed by atoms with van der Waals surface area (Å²) in [6, 6.07) is 7.84. The zero-order chi connectivity index (χ0) is 13.3. The Balaban J connectivity index is 2.43. The van der Waals surface area contributed by atoms with Crippen molar-refractivity contribution in [2.24, 2.45) is 11.7 Å². The van der Waals surface area contributed by atoms with E-state index in [-0.39, 0.29) is 10.6 Å². The number of halogens is 3. The molecule has 2 rings (SSSR count). The third-order valence-corrected chi connectivity index (χ3v) is 3.04. The first-order valence-electron chi connectivity index (χ1n) is 5.25. The maximum atomic E-state index is 14.0. The minimum atomic E-state index is -2.57. The van der Waals surface area contributed by atoms with E-state index < -0.39 is 23.3 Å². The number of allylic oxidation sites excluding steroid dienone is 2. The Morgan fingerprint density at radius 3 is 2.56 bits per heavy atom. The summed E-state index contributed by atoms with van der Waals surface area (Å²) >= 11 is 5.56. The molecular formula is C13H10ClF2NO. The summed E-state index contributed by atoms with van der Waals surface area (Å²) in [6.45, 7) is 0. The largest absolute Gasteiger partial charge is 0.295 e. The van der Waals surface area contributed by atoms with Crippen LogP contribution in [0.5, 0.6) is 0 Å². The van der Waals surface area contributed by atoms with Crippen LogP contribution in [0.1, 0.15) is 10.4 Å². The highest BCUT2D eigenvalue weighted by Gasteiger charge is 2.44. The van der Waals surface area contributed by atoms with Crippen molar-refractivity contribution in [3.63, 3.8) is 0 Å². The van der Waals surface area contributed by atoms with Crippen LogP contribution in [0.15, 0.2) is 53.3 Å². The highest BCUT2D eigenvalue weighted by Crippen LogP contribution is 2.37. The predicted octanol–water partition coefficient (Wildman–Crippen LogP) is 3.10. The summed E-state index contributed by atoms with van der Waals surface area (Å²) in [7, 11) is 0. The van der Waals surface area contributed by atoms with Gasteiger partial charge in [-0.3, -0.25) is 10.5 Å². The summed E-state index contributed by atoms with van der Waals surface area (Å²) in [6.07, 6.45) is 1.91. The number of carbonyl (C=O) groups is 1. The lowest BCUT2D eigenvalue weighted by atomic mass is 9.85. The second kappa shape index (κ2) is 4.63. The van der Waals surface area contributed by atoms with Gasteiger partial charge in [-0.1, -0.05) is 41.9 Å². The molecule has 0 spiro atoms. The third kappa shape index (κ3) is 2.21. The van der Waals surface area contributed by atoms with Gasteiger partial charge in [-0.2, -0.15) is 0 Å². The molecule has 1 aliphatic carbocycles. The summed E-state index contributed by atoms with van der Waals surface area (Å²) in [5.74, 6) is -6.09. The number of carbonyl (C=O) groups excluding carboxylic acids is 1. The number of hydrogen-bond donors (Lipinski definition) is 1. The molecule has 0 saturated heterocycles. The van der Waals surface area contributed by atoms with Gasteiger partial charge in [0.1, 0.15) is 11.7 Å². The zero-order valence-electron chi connectivity index (χ0n) is 9.24. The molecule has 0 aromatic heterocycles. The monoisotopic (exact) mass is 269 g/mol. The van der Waals surface area contributed by atoms with E-state index in [1.807, 2.05) is 0 Å². The SMILES string of the molecule is N[C@@]1(F)C=CC(Cl)=C(F)[C@H]1C(=O)c1ccccc1. The molecule has 1 aromatic carbocycles. The van der Waals surface area contributed by atoms with Crippen LogP contribution in [0.4, 0.5) is 8.78 Å². The Hall–Kier alpha value is -1.52. The molecule has 0 heterocycles. The predicted molar refractivity (Wildman–Crippen MR) is 65.4 cm³/mol. The number of benzene rings is 1. The molecule has 2 atom stereocenters. The van der Waals surface area contributed by atoms with Gasteiger partial charge in [0.05, 0.1) is 5.03 Å². The molecule has 2 nitrogen and oxygen atoms in total. The smallest absolute Gasteiger partial charge is 0.194 e. The number of hydrogen-bond acceptors (Lipinski definition) is 2. The maximum absolute atomic E-state index is 14.0. The number of rotatable bonds is 2. The third-order valence-electron chi connectivity index (χ3n) is 2.73. The van der Waals surface area contributed by atoms with E-state index in [4.69, 9.17) is 17.3 Å². The van der Waals surface area contributed by atoms with Crippen LogP contribution >= 0.6 is 11.6 Å². The maximum Gasteiger partial charge on any atom is 0.194 e. The zero-order valence-corrected chi connectivity index (χ0v) is 9.99. The van der Waals surface area contributed by atoms with Gasteiger partial charge in [0, 0.05) is 5.56 Å². The molecule has 0 unspecified atom stereocenters. The van der Waals surface area contributed by atoms with Crippen molar-refractivity contribution in [2.75, 3.05) is 0 Å². The van der Waals surface area contributed by atoms with Crippen LogP contribution in [-0.2, 0) is 0 Å². The van der Waals surface area contributed by atoms with Gasteiger partial charge in [0.15, 0.2) is 11.6 Å². The molecule has 0 bridgehead atoms. The summed E-state index contributed by atoms with van der Waals surface area (Å²) < 4.78 is 27.9. The van der Waals surface area contributed by atoms with Crippen molar-refractivity contribution in [1.29, 1.82) is 0 Å². The summed E-state index contributed by atoms with van der Waals surface area (Å²) in [5.41, 5.74) is 5.49. The molecule has 1 aromatic rings. The van der Waals surface area contributed by atoms with E-state index in [0.29, 0.717) is 0 Å². The lowest BCUT2D eigenvalue weighted by Crippen LogP contribution is -2.46. The van der Waals surface area contributed by atoms with E-state index >= 15 is 0 Å².